The van der Waals surface area contributed by atoms with E-state index in [2.05, 4.69) is 51.9 Å². The molecule has 4 nitrogen and oxygen atoms in total. The molecule has 0 spiro atoms. The fourth-order valence-electron chi connectivity index (χ4n) is 2.25. The normalized spacial score (nSPS) is 10.8. The van der Waals surface area contributed by atoms with Gasteiger partial charge in [-0.3, -0.25) is 5.10 Å². The van der Waals surface area contributed by atoms with Crippen LogP contribution in [0.4, 0.5) is 5.69 Å². The van der Waals surface area contributed by atoms with Crippen LogP contribution >= 0.6 is 0 Å². The quantitative estimate of drug-likeness (QED) is 0.745. The average molecular weight is 267 g/mol. The minimum absolute atomic E-state index is 0.648. The fraction of sp³-hybridized carbons (Fsp3) is 0.188. The van der Waals surface area contributed by atoms with Gasteiger partial charge in [0.2, 0.25) is 0 Å². The van der Waals surface area contributed by atoms with E-state index in [0.717, 1.165) is 23.1 Å². The first-order chi connectivity index (χ1) is 9.85. The van der Waals surface area contributed by atoms with Gasteiger partial charge < -0.3 is 10.1 Å². The minimum atomic E-state index is 0.648. The molecule has 0 radical (unpaired) electrons. The number of hydrogen-bond donors (Lipinski definition) is 2. The zero-order chi connectivity index (χ0) is 13.8. The molecule has 0 fully saturated rings. The van der Waals surface area contributed by atoms with Crippen molar-refractivity contribution in [2.24, 2.45) is 0 Å². The van der Waals surface area contributed by atoms with Gasteiger partial charge in [0.15, 0.2) is 0 Å². The molecule has 4 heteroatoms. The summed E-state index contributed by atoms with van der Waals surface area (Å²) in [5, 5.41) is 11.5. The summed E-state index contributed by atoms with van der Waals surface area (Å²) in [7, 11) is 1.71. The molecule has 0 aliphatic heterocycles. The van der Waals surface area contributed by atoms with Crippen molar-refractivity contribution in [1.29, 1.82) is 0 Å². The molecule has 1 heterocycles. The van der Waals surface area contributed by atoms with E-state index in [-0.39, 0.29) is 0 Å². The molecule has 2 N–H and O–H groups in total. The molecule has 0 unspecified atom stereocenters. The van der Waals surface area contributed by atoms with Gasteiger partial charge in [-0.15, -0.1) is 0 Å². The number of nitrogens with zero attached hydrogens (tertiary/aromatic N) is 1. The zero-order valence-corrected chi connectivity index (χ0v) is 11.4. The van der Waals surface area contributed by atoms with Gasteiger partial charge in [-0.1, -0.05) is 24.3 Å². The molecule has 102 valence electrons. The Hall–Kier alpha value is -2.33. The lowest BCUT2D eigenvalue weighted by Crippen LogP contribution is -2.00. The van der Waals surface area contributed by atoms with Crippen LogP contribution in [-0.2, 0) is 17.9 Å². The second-order valence-corrected chi connectivity index (χ2v) is 4.78. The van der Waals surface area contributed by atoms with E-state index in [1.165, 1.54) is 11.1 Å². The van der Waals surface area contributed by atoms with Crippen molar-refractivity contribution in [1.82, 2.24) is 10.2 Å². The van der Waals surface area contributed by atoms with Crippen LogP contribution < -0.4 is 5.32 Å². The van der Waals surface area contributed by atoms with E-state index < -0.39 is 0 Å². The largest absolute Gasteiger partial charge is 0.381 e. The summed E-state index contributed by atoms with van der Waals surface area (Å²) in [5.74, 6) is 0. The molecule has 0 aliphatic rings. The summed E-state index contributed by atoms with van der Waals surface area (Å²) in [6.45, 7) is 1.44. The molecule has 1 aromatic heterocycles. The number of H-pyrrole nitrogens is 1. The van der Waals surface area contributed by atoms with E-state index in [1.54, 1.807) is 7.11 Å². The van der Waals surface area contributed by atoms with Gasteiger partial charge in [0.1, 0.15) is 0 Å². The number of anilines is 1. The lowest BCUT2D eigenvalue weighted by atomic mass is 10.1. The number of nitrogens with one attached hydrogen (secondary N) is 2. The van der Waals surface area contributed by atoms with Gasteiger partial charge in [0, 0.05) is 24.7 Å². The molecule has 2 aromatic carbocycles. The van der Waals surface area contributed by atoms with E-state index in [4.69, 9.17) is 4.74 Å². The van der Waals surface area contributed by atoms with Crippen molar-refractivity contribution in [3.05, 3.63) is 59.8 Å². The van der Waals surface area contributed by atoms with Gasteiger partial charge in [-0.05, 0) is 29.3 Å². The summed E-state index contributed by atoms with van der Waals surface area (Å²) in [6.07, 6.45) is 1.83. The summed E-state index contributed by atoms with van der Waals surface area (Å²) in [6, 6.07) is 14.6. The monoisotopic (exact) mass is 267 g/mol. The molecule has 0 saturated heterocycles. The number of hydrogen-bond acceptors (Lipinski definition) is 3. The van der Waals surface area contributed by atoms with Gasteiger partial charge >= 0.3 is 0 Å². The van der Waals surface area contributed by atoms with Gasteiger partial charge in [0.25, 0.3) is 0 Å². The Kier molecular flexibility index (Phi) is 3.65. The maximum atomic E-state index is 5.15. The van der Waals surface area contributed by atoms with Crippen LogP contribution in [0, 0.1) is 0 Å². The van der Waals surface area contributed by atoms with Crippen LogP contribution in [0.25, 0.3) is 10.9 Å². The van der Waals surface area contributed by atoms with Crippen molar-refractivity contribution in [2.75, 3.05) is 12.4 Å². The number of ether oxygens (including phenoxy) is 1. The van der Waals surface area contributed by atoms with Crippen LogP contribution in [0.5, 0.6) is 0 Å². The van der Waals surface area contributed by atoms with Crippen LogP contribution in [0.15, 0.2) is 48.7 Å². The van der Waals surface area contributed by atoms with E-state index in [1.807, 2.05) is 12.3 Å². The van der Waals surface area contributed by atoms with Crippen LogP contribution in [0.1, 0.15) is 11.1 Å². The molecule has 20 heavy (non-hydrogen) atoms. The molecule has 0 amide bonds. The summed E-state index contributed by atoms with van der Waals surface area (Å²) >= 11 is 0. The predicted molar refractivity (Wildman–Crippen MR) is 80.6 cm³/mol. The number of fused-ring (bicyclic) bond motifs is 1. The molecular formula is C16H17N3O. The number of methoxy groups -OCH3 is 1. The lowest BCUT2D eigenvalue weighted by Gasteiger charge is -2.08. The maximum absolute atomic E-state index is 5.15. The van der Waals surface area contributed by atoms with Crippen LogP contribution in [0.3, 0.4) is 0 Å². The maximum Gasteiger partial charge on any atom is 0.0713 e. The van der Waals surface area contributed by atoms with Crippen molar-refractivity contribution >= 4 is 16.6 Å². The Morgan fingerprint density at radius 3 is 2.95 bits per heavy atom. The van der Waals surface area contributed by atoms with E-state index in [9.17, 15) is 0 Å². The van der Waals surface area contributed by atoms with Crippen molar-refractivity contribution in [2.45, 2.75) is 13.2 Å². The Morgan fingerprint density at radius 1 is 1.15 bits per heavy atom. The summed E-state index contributed by atoms with van der Waals surface area (Å²) < 4.78 is 5.15. The topological polar surface area (TPSA) is 49.9 Å². The third kappa shape index (κ3) is 2.81. The first kappa shape index (κ1) is 12.7. The Morgan fingerprint density at radius 2 is 2.05 bits per heavy atom. The smallest absolute Gasteiger partial charge is 0.0713 e. The second-order valence-electron chi connectivity index (χ2n) is 4.78. The number of aromatic nitrogens is 2. The number of aromatic amines is 1. The number of rotatable bonds is 5. The van der Waals surface area contributed by atoms with Crippen LogP contribution in [-0.4, -0.2) is 17.3 Å². The first-order valence-electron chi connectivity index (χ1n) is 6.59. The zero-order valence-electron chi connectivity index (χ0n) is 11.4. The molecule has 0 atom stereocenters. The minimum Gasteiger partial charge on any atom is -0.381 e. The Labute approximate surface area is 117 Å². The molecule has 3 aromatic rings. The molecule has 0 bridgehead atoms. The Balaban J connectivity index is 1.70. The summed E-state index contributed by atoms with van der Waals surface area (Å²) in [5.41, 5.74) is 4.58. The van der Waals surface area contributed by atoms with Gasteiger partial charge in [-0.25, -0.2) is 0 Å². The lowest BCUT2D eigenvalue weighted by molar-refractivity contribution is 0.185. The van der Waals surface area contributed by atoms with Crippen molar-refractivity contribution in [3.8, 4) is 0 Å². The molecule has 0 aliphatic carbocycles. The van der Waals surface area contributed by atoms with Gasteiger partial charge in [0.05, 0.1) is 18.3 Å². The van der Waals surface area contributed by atoms with Crippen molar-refractivity contribution in [3.63, 3.8) is 0 Å². The highest BCUT2D eigenvalue weighted by Gasteiger charge is 1.99. The standard InChI is InChI=1S/C16H17N3O/c1-20-11-13-4-2-3-12(7-13)9-17-15-5-6-16-14(8-15)10-18-19-16/h2-8,10,17H,9,11H2,1H3,(H,18,19). The molecular weight excluding hydrogens is 250 g/mol. The van der Waals surface area contributed by atoms with Crippen LogP contribution in [0.2, 0.25) is 0 Å². The Bertz CT molecular complexity index is 706. The van der Waals surface area contributed by atoms with E-state index in [0.29, 0.717) is 6.61 Å². The van der Waals surface area contributed by atoms with Crippen molar-refractivity contribution < 1.29 is 4.74 Å². The third-order valence-corrected chi connectivity index (χ3v) is 3.24. The highest BCUT2D eigenvalue weighted by atomic mass is 16.5. The SMILES string of the molecule is COCc1cccc(CNc2ccc3[nH]ncc3c2)c1. The third-order valence-electron chi connectivity index (χ3n) is 3.24. The predicted octanol–water partition coefficient (Wildman–Crippen LogP) is 3.32. The highest BCUT2D eigenvalue weighted by molar-refractivity contribution is 5.81. The summed E-state index contributed by atoms with van der Waals surface area (Å²) in [4.78, 5) is 0. The average Bonchev–Trinajstić information content (AvgIpc) is 2.93. The second kappa shape index (κ2) is 5.75. The fourth-order valence-corrected chi connectivity index (χ4v) is 2.25. The molecule has 3 rings (SSSR count). The van der Waals surface area contributed by atoms with Gasteiger partial charge in [-0.2, -0.15) is 5.10 Å². The highest BCUT2D eigenvalue weighted by Crippen LogP contribution is 2.17. The first-order valence-corrected chi connectivity index (χ1v) is 6.59. The molecule has 0 saturated carbocycles. The number of benzene rings is 2. The van der Waals surface area contributed by atoms with E-state index >= 15 is 0 Å².